The van der Waals surface area contributed by atoms with E-state index in [1.165, 1.54) is 6.29 Å². The lowest BCUT2D eigenvalue weighted by atomic mass is 9.73. The van der Waals surface area contributed by atoms with Crippen LogP contribution >= 0.6 is 0 Å². The molecule has 0 saturated heterocycles. The maximum Gasteiger partial charge on any atom is 0.300 e. The van der Waals surface area contributed by atoms with Gasteiger partial charge in [-0.1, -0.05) is 41.5 Å². The second kappa shape index (κ2) is 5.42. The first-order chi connectivity index (χ1) is 7.96. The van der Waals surface area contributed by atoms with Crippen molar-refractivity contribution in [2.75, 3.05) is 0 Å². The van der Waals surface area contributed by atoms with E-state index in [2.05, 4.69) is 0 Å². The van der Waals surface area contributed by atoms with E-state index in [9.17, 15) is 19.7 Å². The summed E-state index contributed by atoms with van der Waals surface area (Å²) in [4.78, 5) is 32.4. The molecule has 0 amide bonds. The summed E-state index contributed by atoms with van der Waals surface area (Å²) < 4.78 is 0. The van der Waals surface area contributed by atoms with Crippen LogP contribution in [0.1, 0.15) is 41.5 Å². The molecule has 1 radical (unpaired) electrons. The second-order valence-corrected chi connectivity index (χ2v) is 6.25. The Morgan fingerprint density at radius 1 is 1.17 bits per heavy atom. The van der Waals surface area contributed by atoms with Crippen LogP contribution in [0, 0.1) is 20.9 Å². The predicted molar refractivity (Wildman–Crippen MR) is 68.5 cm³/mol. The number of rotatable bonds is 4. The molecule has 0 spiro atoms. The molecule has 0 aliphatic rings. The van der Waals surface area contributed by atoms with Crippen LogP contribution in [0.25, 0.3) is 0 Å². The molecule has 18 heavy (non-hydrogen) atoms. The highest BCUT2D eigenvalue weighted by atomic mass is 16.6. The zero-order valence-electron chi connectivity index (χ0n) is 11.7. The molecule has 0 aromatic rings. The van der Waals surface area contributed by atoms with Gasteiger partial charge in [0, 0.05) is 16.1 Å². The fraction of sp³-hybridized carbons (Fsp3) is 0.692. The zero-order chi connectivity index (χ0) is 14.7. The van der Waals surface area contributed by atoms with Gasteiger partial charge in [-0.15, -0.1) is 0 Å². The predicted octanol–water partition coefficient (Wildman–Crippen LogP) is 2.33. The molecule has 0 aromatic carbocycles. The Labute approximate surface area is 107 Å². The Hall–Kier alpha value is -1.52. The van der Waals surface area contributed by atoms with Crippen LogP contribution in [0.2, 0.25) is 0 Å². The normalized spacial score (nSPS) is 15.7. The van der Waals surface area contributed by atoms with Gasteiger partial charge in [-0.25, -0.2) is 0 Å². The van der Waals surface area contributed by atoms with Crippen LogP contribution in [-0.2, 0) is 9.59 Å². The van der Waals surface area contributed by atoms with Crippen molar-refractivity contribution in [1.82, 2.24) is 0 Å². The molecule has 1 unspecified atom stereocenters. The molecule has 0 rings (SSSR count). The van der Waals surface area contributed by atoms with Crippen molar-refractivity contribution in [3.8, 4) is 0 Å². The molecule has 5 heteroatoms. The smallest absolute Gasteiger partial charge is 0.298 e. The van der Waals surface area contributed by atoms with Crippen molar-refractivity contribution >= 4 is 12.6 Å². The molecule has 0 bridgehead atoms. The Balaban J connectivity index is 6.23. The summed E-state index contributed by atoms with van der Waals surface area (Å²) in [5.74, 6) is 0. The second-order valence-electron chi connectivity index (χ2n) is 6.25. The topological polar surface area (TPSA) is 77.3 Å². The van der Waals surface area contributed by atoms with E-state index in [4.69, 9.17) is 0 Å². The van der Waals surface area contributed by atoms with Gasteiger partial charge in [0.25, 0.3) is 6.29 Å². The fourth-order valence-electron chi connectivity index (χ4n) is 1.81. The molecule has 0 saturated carbocycles. The average molecular weight is 254 g/mol. The van der Waals surface area contributed by atoms with Gasteiger partial charge >= 0.3 is 6.04 Å². The van der Waals surface area contributed by atoms with Gasteiger partial charge < -0.3 is 0 Å². The molecular formula is C13H20NO4. The summed E-state index contributed by atoms with van der Waals surface area (Å²) in [7, 11) is 0. The number of carbonyl (C=O) groups excluding carboxylic acids is 2. The van der Waals surface area contributed by atoms with Crippen LogP contribution in [0.15, 0.2) is 11.1 Å². The summed E-state index contributed by atoms with van der Waals surface area (Å²) in [6, 6.07) is -1.59. The van der Waals surface area contributed by atoms with E-state index in [0.717, 1.165) is 0 Å². The molecule has 0 aromatic heterocycles. The van der Waals surface area contributed by atoms with E-state index in [0.29, 0.717) is 11.9 Å². The first kappa shape index (κ1) is 16.5. The first-order valence-electron chi connectivity index (χ1n) is 5.68. The van der Waals surface area contributed by atoms with Gasteiger partial charge in [0.05, 0.1) is 0 Å². The number of hydrogen-bond acceptors (Lipinski definition) is 4. The molecule has 0 aliphatic carbocycles. The molecule has 0 fully saturated rings. The van der Waals surface area contributed by atoms with E-state index >= 15 is 0 Å². The van der Waals surface area contributed by atoms with Crippen LogP contribution in [0.3, 0.4) is 0 Å². The quantitative estimate of drug-likeness (QED) is 0.334. The summed E-state index contributed by atoms with van der Waals surface area (Å²) in [5.41, 5.74) is -0.696. The van der Waals surface area contributed by atoms with Gasteiger partial charge in [-0.3, -0.25) is 19.7 Å². The average Bonchev–Trinajstić information content (AvgIpc) is 2.13. The standard InChI is InChI=1S/C13H20NO4/c1-12(2,3)9(7-15)11(13(4,5)6)10(8-16)14(17)18/h7,10H,1-6H3/b11-9+. The maximum absolute atomic E-state index is 11.3. The van der Waals surface area contributed by atoms with E-state index in [1.807, 2.05) is 0 Å². The molecular weight excluding hydrogens is 234 g/mol. The highest BCUT2D eigenvalue weighted by Crippen LogP contribution is 2.37. The van der Waals surface area contributed by atoms with Gasteiger partial charge in [0.2, 0.25) is 0 Å². The largest absolute Gasteiger partial charge is 0.300 e. The van der Waals surface area contributed by atoms with Crippen LogP contribution in [-0.4, -0.2) is 23.5 Å². The zero-order valence-corrected chi connectivity index (χ0v) is 11.7. The fourth-order valence-corrected chi connectivity index (χ4v) is 1.81. The van der Waals surface area contributed by atoms with Crippen LogP contribution < -0.4 is 0 Å². The van der Waals surface area contributed by atoms with E-state index in [1.54, 1.807) is 41.5 Å². The van der Waals surface area contributed by atoms with Gasteiger partial charge in [-0.2, -0.15) is 0 Å². The molecule has 1 atom stereocenters. The van der Waals surface area contributed by atoms with Crippen molar-refractivity contribution in [3.05, 3.63) is 21.3 Å². The van der Waals surface area contributed by atoms with Crippen molar-refractivity contribution in [3.63, 3.8) is 0 Å². The van der Waals surface area contributed by atoms with Crippen LogP contribution in [0.4, 0.5) is 0 Å². The summed E-state index contributed by atoms with van der Waals surface area (Å²) in [6.45, 7) is 10.6. The van der Waals surface area contributed by atoms with Gasteiger partial charge in [-0.05, 0) is 10.8 Å². The number of allylic oxidation sites excluding steroid dienone is 1. The van der Waals surface area contributed by atoms with Crippen LogP contribution in [0.5, 0.6) is 0 Å². The van der Waals surface area contributed by atoms with Gasteiger partial charge in [0.15, 0.2) is 0 Å². The lowest BCUT2D eigenvalue weighted by molar-refractivity contribution is -0.494. The first-order valence-corrected chi connectivity index (χ1v) is 5.68. The van der Waals surface area contributed by atoms with Crippen molar-refractivity contribution in [2.45, 2.75) is 47.6 Å². The Kier molecular flexibility index (Phi) is 4.96. The molecule has 0 N–H and O–H groups in total. The lowest BCUT2D eigenvalue weighted by Gasteiger charge is -2.30. The maximum atomic E-state index is 11.3. The van der Waals surface area contributed by atoms with E-state index < -0.39 is 21.8 Å². The van der Waals surface area contributed by atoms with E-state index in [-0.39, 0.29) is 5.57 Å². The number of nitro groups is 1. The SMILES string of the molecule is CC(C)(C)/C(C=O)=C(\C([C]=O)[N+](=O)[O-])C(C)(C)C. The lowest BCUT2D eigenvalue weighted by Crippen LogP contribution is -2.34. The number of aldehydes is 1. The molecule has 0 heterocycles. The Morgan fingerprint density at radius 2 is 1.61 bits per heavy atom. The molecule has 0 aliphatic heterocycles. The summed E-state index contributed by atoms with van der Waals surface area (Å²) in [5, 5.41) is 11.0. The summed E-state index contributed by atoms with van der Waals surface area (Å²) >= 11 is 0. The highest BCUT2D eigenvalue weighted by Gasteiger charge is 2.39. The van der Waals surface area contributed by atoms with Crippen molar-refractivity contribution in [2.24, 2.45) is 10.8 Å². The third kappa shape index (κ3) is 3.75. The van der Waals surface area contributed by atoms with Crippen molar-refractivity contribution < 1.29 is 14.5 Å². The number of hydrogen-bond donors (Lipinski definition) is 0. The summed E-state index contributed by atoms with van der Waals surface area (Å²) in [6.07, 6.45) is 2.03. The third-order valence-electron chi connectivity index (χ3n) is 2.62. The Morgan fingerprint density at radius 3 is 1.78 bits per heavy atom. The monoisotopic (exact) mass is 254 g/mol. The van der Waals surface area contributed by atoms with Gasteiger partial charge in [0.1, 0.15) is 6.29 Å². The minimum absolute atomic E-state index is 0.227. The third-order valence-corrected chi connectivity index (χ3v) is 2.62. The minimum atomic E-state index is -1.59. The molecule has 5 nitrogen and oxygen atoms in total. The highest BCUT2D eigenvalue weighted by molar-refractivity contribution is 5.80. The number of carbonyl (C=O) groups is 1. The molecule has 101 valence electrons. The Bertz CT molecular complexity index is 383. The number of nitrogens with zero attached hydrogens (tertiary/aromatic N) is 1. The minimum Gasteiger partial charge on any atom is -0.298 e. The van der Waals surface area contributed by atoms with Crippen molar-refractivity contribution in [1.29, 1.82) is 0 Å².